The molecule has 1 aromatic rings. The molecule has 0 saturated carbocycles. The highest BCUT2D eigenvalue weighted by Crippen LogP contribution is 2.23. The van der Waals surface area contributed by atoms with Gasteiger partial charge in [-0.25, -0.2) is 9.18 Å². The smallest absolute Gasteiger partial charge is 0.330 e. The Hall–Kier alpha value is -2.11. The van der Waals surface area contributed by atoms with Crippen molar-refractivity contribution in [3.8, 4) is 5.75 Å². The third-order valence-corrected chi connectivity index (χ3v) is 3.71. The Balaban J connectivity index is 2.88. The molecule has 6 heteroatoms. The standard InChI is InChI=1S/C16H22FNO4/c1-9(2)10(3)7-14(19)18-15(16(20)21)11-5-6-13(22-4)12(17)8-11/h5-6,8-10,15H,7H2,1-4H3,(H,18,19)(H,20,21). The van der Waals surface area contributed by atoms with E-state index >= 15 is 0 Å². The van der Waals surface area contributed by atoms with E-state index in [1.165, 1.54) is 19.2 Å². The van der Waals surface area contributed by atoms with Crippen molar-refractivity contribution in [1.29, 1.82) is 0 Å². The van der Waals surface area contributed by atoms with Crippen molar-refractivity contribution in [2.45, 2.75) is 33.2 Å². The van der Waals surface area contributed by atoms with Crippen LogP contribution in [-0.2, 0) is 9.59 Å². The number of benzene rings is 1. The molecule has 1 rings (SSSR count). The second-order valence-electron chi connectivity index (χ2n) is 5.66. The van der Waals surface area contributed by atoms with E-state index in [2.05, 4.69) is 5.32 Å². The fourth-order valence-corrected chi connectivity index (χ4v) is 1.90. The molecule has 5 nitrogen and oxygen atoms in total. The van der Waals surface area contributed by atoms with Gasteiger partial charge in [-0.1, -0.05) is 26.8 Å². The van der Waals surface area contributed by atoms with Crippen LogP contribution in [0.1, 0.15) is 38.8 Å². The van der Waals surface area contributed by atoms with Crippen LogP contribution >= 0.6 is 0 Å². The normalized spacial score (nSPS) is 13.5. The maximum absolute atomic E-state index is 13.7. The number of amides is 1. The molecule has 2 N–H and O–H groups in total. The van der Waals surface area contributed by atoms with E-state index in [1.54, 1.807) is 0 Å². The largest absolute Gasteiger partial charge is 0.494 e. The quantitative estimate of drug-likeness (QED) is 0.812. The average Bonchev–Trinajstić information content (AvgIpc) is 2.44. The van der Waals surface area contributed by atoms with Gasteiger partial charge in [-0.2, -0.15) is 0 Å². The van der Waals surface area contributed by atoms with Crippen molar-refractivity contribution in [2.24, 2.45) is 11.8 Å². The number of hydrogen-bond acceptors (Lipinski definition) is 3. The van der Waals surface area contributed by atoms with Crippen LogP contribution in [0.5, 0.6) is 5.75 Å². The zero-order chi connectivity index (χ0) is 16.9. The minimum Gasteiger partial charge on any atom is -0.494 e. The number of carboxylic acid groups (broad SMARTS) is 1. The second kappa shape index (κ2) is 7.77. The van der Waals surface area contributed by atoms with Gasteiger partial charge in [0.05, 0.1) is 7.11 Å². The van der Waals surface area contributed by atoms with Gasteiger partial charge in [0.15, 0.2) is 17.6 Å². The summed E-state index contributed by atoms with van der Waals surface area (Å²) in [6.45, 7) is 5.91. The zero-order valence-electron chi connectivity index (χ0n) is 13.2. The maximum Gasteiger partial charge on any atom is 0.330 e. The van der Waals surface area contributed by atoms with E-state index in [0.29, 0.717) is 5.92 Å². The summed E-state index contributed by atoms with van der Waals surface area (Å²) in [5, 5.41) is 11.7. The van der Waals surface area contributed by atoms with Gasteiger partial charge in [0, 0.05) is 6.42 Å². The predicted octanol–water partition coefficient (Wildman–Crippen LogP) is 2.76. The van der Waals surface area contributed by atoms with E-state index in [1.807, 2.05) is 20.8 Å². The van der Waals surface area contributed by atoms with Crippen molar-refractivity contribution >= 4 is 11.9 Å². The Morgan fingerprint density at radius 2 is 1.95 bits per heavy atom. The van der Waals surface area contributed by atoms with Gasteiger partial charge in [0.1, 0.15) is 0 Å². The highest BCUT2D eigenvalue weighted by molar-refractivity contribution is 5.84. The molecule has 122 valence electrons. The van der Waals surface area contributed by atoms with Crippen LogP contribution in [0.3, 0.4) is 0 Å². The van der Waals surface area contributed by atoms with E-state index in [0.717, 1.165) is 6.07 Å². The molecule has 0 aliphatic rings. The molecule has 0 aromatic heterocycles. The molecular formula is C16H22FNO4. The van der Waals surface area contributed by atoms with Crippen LogP contribution in [0.4, 0.5) is 4.39 Å². The van der Waals surface area contributed by atoms with Crippen LogP contribution in [0.15, 0.2) is 18.2 Å². The summed E-state index contributed by atoms with van der Waals surface area (Å²) in [5.41, 5.74) is 0.163. The topological polar surface area (TPSA) is 75.6 Å². The van der Waals surface area contributed by atoms with Crippen LogP contribution < -0.4 is 10.1 Å². The Morgan fingerprint density at radius 3 is 2.41 bits per heavy atom. The molecule has 0 heterocycles. The second-order valence-corrected chi connectivity index (χ2v) is 5.66. The minimum absolute atomic E-state index is 0.0210. The Bertz CT molecular complexity index is 545. The number of halogens is 1. The van der Waals surface area contributed by atoms with Crippen molar-refractivity contribution in [2.75, 3.05) is 7.11 Å². The first-order chi connectivity index (χ1) is 10.3. The number of nitrogens with one attached hydrogen (secondary N) is 1. The highest BCUT2D eigenvalue weighted by Gasteiger charge is 2.24. The van der Waals surface area contributed by atoms with Crippen LogP contribution in [-0.4, -0.2) is 24.1 Å². The Kier molecular flexibility index (Phi) is 6.34. The number of ether oxygens (including phenoxy) is 1. The van der Waals surface area contributed by atoms with Crippen LogP contribution in [0.2, 0.25) is 0 Å². The van der Waals surface area contributed by atoms with E-state index in [9.17, 15) is 19.1 Å². The molecule has 0 radical (unpaired) electrons. The molecular weight excluding hydrogens is 289 g/mol. The number of carbonyl (C=O) groups is 2. The molecule has 2 atom stereocenters. The van der Waals surface area contributed by atoms with Gasteiger partial charge in [0.2, 0.25) is 5.91 Å². The third-order valence-electron chi connectivity index (χ3n) is 3.71. The molecule has 0 fully saturated rings. The highest BCUT2D eigenvalue weighted by atomic mass is 19.1. The summed E-state index contributed by atoms with van der Waals surface area (Å²) in [5.74, 6) is -1.82. The predicted molar refractivity (Wildman–Crippen MR) is 80.1 cm³/mol. The molecule has 1 aromatic carbocycles. The summed E-state index contributed by atoms with van der Waals surface area (Å²) in [6, 6.07) is 2.53. The summed E-state index contributed by atoms with van der Waals surface area (Å²) < 4.78 is 18.5. The summed E-state index contributed by atoms with van der Waals surface area (Å²) >= 11 is 0. The first-order valence-electron chi connectivity index (χ1n) is 7.11. The molecule has 0 spiro atoms. The van der Waals surface area contributed by atoms with Crippen LogP contribution in [0, 0.1) is 17.7 Å². The van der Waals surface area contributed by atoms with Crippen molar-refractivity contribution < 1.29 is 23.8 Å². The maximum atomic E-state index is 13.7. The lowest BCUT2D eigenvalue weighted by molar-refractivity contribution is -0.142. The lowest BCUT2D eigenvalue weighted by atomic mass is 9.94. The molecule has 0 saturated heterocycles. The van der Waals surface area contributed by atoms with Crippen LogP contribution in [0.25, 0.3) is 0 Å². The summed E-state index contributed by atoms with van der Waals surface area (Å²) in [6.07, 6.45) is 0.222. The average molecular weight is 311 g/mol. The Morgan fingerprint density at radius 1 is 1.32 bits per heavy atom. The number of carbonyl (C=O) groups excluding carboxylic acids is 1. The first-order valence-corrected chi connectivity index (χ1v) is 7.11. The lowest BCUT2D eigenvalue weighted by Crippen LogP contribution is -2.35. The minimum atomic E-state index is -1.28. The van der Waals surface area contributed by atoms with Crippen molar-refractivity contribution in [3.05, 3.63) is 29.6 Å². The van der Waals surface area contributed by atoms with E-state index in [-0.39, 0.29) is 29.6 Å². The molecule has 0 aliphatic carbocycles. The molecule has 22 heavy (non-hydrogen) atoms. The fraction of sp³-hybridized carbons (Fsp3) is 0.500. The third kappa shape index (κ3) is 4.72. The monoisotopic (exact) mass is 311 g/mol. The van der Waals surface area contributed by atoms with Gasteiger partial charge in [-0.3, -0.25) is 4.79 Å². The van der Waals surface area contributed by atoms with E-state index in [4.69, 9.17) is 4.74 Å². The number of aliphatic carboxylic acids is 1. The van der Waals surface area contributed by atoms with E-state index < -0.39 is 17.8 Å². The van der Waals surface area contributed by atoms with Gasteiger partial charge in [-0.05, 0) is 29.5 Å². The van der Waals surface area contributed by atoms with Crippen molar-refractivity contribution in [3.63, 3.8) is 0 Å². The SMILES string of the molecule is COc1ccc(C(NC(=O)CC(C)C(C)C)C(=O)O)cc1F. The van der Waals surface area contributed by atoms with Gasteiger partial charge in [-0.15, -0.1) is 0 Å². The number of rotatable bonds is 7. The number of hydrogen-bond donors (Lipinski definition) is 2. The lowest BCUT2D eigenvalue weighted by Gasteiger charge is -2.19. The number of methoxy groups -OCH3 is 1. The van der Waals surface area contributed by atoms with Gasteiger partial charge >= 0.3 is 5.97 Å². The first kappa shape index (κ1) is 17.9. The molecule has 2 unspecified atom stereocenters. The summed E-state index contributed by atoms with van der Waals surface area (Å²) in [4.78, 5) is 23.3. The van der Waals surface area contributed by atoms with Gasteiger partial charge in [0.25, 0.3) is 0 Å². The van der Waals surface area contributed by atoms with Crippen molar-refractivity contribution in [1.82, 2.24) is 5.32 Å². The zero-order valence-corrected chi connectivity index (χ0v) is 13.2. The fourth-order valence-electron chi connectivity index (χ4n) is 1.90. The van der Waals surface area contributed by atoms with Gasteiger partial charge < -0.3 is 15.2 Å². The molecule has 0 bridgehead atoms. The molecule has 0 aliphatic heterocycles. The Labute approximate surface area is 129 Å². The summed E-state index contributed by atoms with van der Waals surface area (Å²) in [7, 11) is 1.32. The molecule has 1 amide bonds. The number of carboxylic acids is 1.